The van der Waals surface area contributed by atoms with E-state index >= 15 is 0 Å². The zero-order chi connectivity index (χ0) is 13.6. The van der Waals surface area contributed by atoms with Gasteiger partial charge in [-0.3, -0.25) is 0 Å². The standard InChI is InChI=1S/C16H28NO3/c1-17(7-9-18-10-8-17)15-6-5-13-3-2-4-14(15)16(13)19-11-12-20-16/h13-15H,2-12H2,1H3/q+1/t13-,14-,15-/m0/s1. The van der Waals surface area contributed by atoms with Gasteiger partial charge in [-0.15, -0.1) is 0 Å². The highest BCUT2D eigenvalue weighted by molar-refractivity contribution is 5.00. The second-order valence-electron chi connectivity index (χ2n) is 7.34. The summed E-state index contributed by atoms with van der Waals surface area (Å²) in [5, 5.41) is 0. The molecule has 4 rings (SSSR count). The van der Waals surface area contributed by atoms with Crippen molar-refractivity contribution < 1.29 is 18.7 Å². The molecule has 20 heavy (non-hydrogen) atoms. The topological polar surface area (TPSA) is 27.7 Å². The molecule has 0 amide bonds. The highest BCUT2D eigenvalue weighted by Crippen LogP contribution is 2.53. The van der Waals surface area contributed by atoms with E-state index in [1.165, 1.54) is 36.6 Å². The number of rotatable bonds is 1. The van der Waals surface area contributed by atoms with E-state index in [1.54, 1.807) is 0 Å². The Balaban J connectivity index is 1.64. The monoisotopic (exact) mass is 282 g/mol. The highest BCUT2D eigenvalue weighted by atomic mass is 16.7. The fraction of sp³-hybridized carbons (Fsp3) is 1.00. The number of quaternary nitrogens is 1. The van der Waals surface area contributed by atoms with Gasteiger partial charge >= 0.3 is 0 Å². The number of hydrogen-bond donors (Lipinski definition) is 0. The predicted octanol–water partition coefficient (Wildman–Crippen LogP) is 1.78. The zero-order valence-electron chi connectivity index (χ0n) is 12.7. The molecule has 0 unspecified atom stereocenters. The molecule has 2 bridgehead atoms. The van der Waals surface area contributed by atoms with Crippen molar-refractivity contribution in [3.8, 4) is 0 Å². The van der Waals surface area contributed by atoms with Crippen LogP contribution in [0.4, 0.5) is 0 Å². The molecule has 4 fully saturated rings. The molecule has 2 aliphatic heterocycles. The Bertz CT molecular complexity index is 361. The number of likely N-dealkylation sites (N-methyl/N-ethyl adjacent to an activating group) is 1. The molecule has 2 heterocycles. The predicted molar refractivity (Wildman–Crippen MR) is 75.2 cm³/mol. The van der Waals surface area contributed by atoms with Crippen LogP contribution in [0.1, 0.15) is 32.1 Å². The summed E-state index contributed by atoms with van der Waals surface area (Å²) in [6.45, 7) is 5.73. The first-order valence-electron chi connectivity index (χ1n) is 8.44. The van der Waals surface area contributed by atoms with Crippen molar-refractivity contribution in [1.82, 2.24) is 0 Å². The first-order chi connectivity index (χ1) is 9.75. The molecule has 2 saturated heterocycles. The number of morpholine rings is 1. The molecular weight excluding hydrogens is 254 g/mol. The van der Waals surface area contributed by atoms with Gasteiger partial charge in [-0.2, -0.15) is 0 Å². The fourth-order valence-electron chi connectivity index (χ4n) is 5.40. The molecule has 4 aliphatic rings. The molecule has 4 heteroatoms. The van der Waals surface area contributed by atoms with Gasteiger partial charge in [0.2, 0.25) is 0 Å². The van der Waals surface area contributed by atoms with Gasteiger partial charge in [0.15, 0.2) is 5.79 Å². The molecular formula is C16H28NO3+. The summed E-state index contributed by atoms with van der Waals surface area (Å²) in [5.74, 6) is 1.02. The van der Waals surface area contributed by atoms with E-state index in [0.717, 1.165) is 39.5 Å². The lowest BCUT2D eigenvalue weighted by molar-refractivity contribution is -0.947. The van der Waals surface area contributed by atoms with Crippen molar-refractivity contribution >= 4 is 0 Å². The minimum absolute atomic E-state index is 0.221. The van der Waals surface area contributed by atoms with Crippen LogP contribution in [-0.4, -0.2) is 62.9 Å². The smallest absolute Gasteiger partial charge is 0.179 e. The van der Waals surface area contributed by atoms with Crippen molar-refractivity contribution in [3.63, 3.8) is 0 Å². The summed E-state index contributed by atoms with van der Waals surface area (Å²) in [6.07, 6.45) is 6.58. The lowest BCUT2D eigenvalue weighted by Gasteiger charge is -2.57. The van der Waals surface area contributed by atoms with Crippen LogP contribution in [0.2, 0.25) is 0 Å². The fourth-order valence-corrected chi connectivity index (χ4v) is 5.40. The van der Waals surface area contributed by atoms with Crippen LogP contribution in [0.3, 0.4) is 0 Å². The third-order valence-corrected chi connectivity index (χ3v) is 6.46. The second-order valence-corrected chi connectivity index (χ2v) is 7.34. The molecule has 2 aliphatic carbocycles. The van der Waals surface area contributed by atoms with Gasteiger partial charge in [0.1, 0.15) is 13.1 Å². The minimum atomic E-state index is -0.221. The minimum Gasteiger partial charge on any atom is -0.370 e. The number of hydrogen-bond acceptors (Lipinski definition) is 3. The van der Waals surface area contributed by atoms with E-state index in [2.05, 4.69) is 7.05 Å². The maximum atomic E-state index is 6.25. The van der Waals surface area contributed by atoms with Gasteiger partial charge < -0.3 is 18.7 Å². The Morgan fingerprint density at radius 3 is 2.40 bits per heavy atom. The second kappa shape index (κ2) is 4.94. The van der Waals surface area contributed by atoms with Gasteiger partial charge in [-0.05, 0) is 19.3 Å². The molecule has 0 radical (unpaired) electrons. The average Bonchev–Trinajstić information content (AvgIpc) is 2.88. The first kappa shape index (κ1) is 13.5. The SMILES string of the molecule is C[N+]1([C@H]2CC[C@@H]3CCC[C@@H]2C32OCCO2)CCOCC1. The van der Waals surface area contributed by atoms with E-state index in [-0.39, 0.29) is 5.79 Å². The summed E-state index contributed by atoms with van der Waals surface area (Å²) in [4.78, 5) is 0. The van der Waals surface area contributed by atoms with Gasteiger partial charge in [-0.1, -0.05) is 6.42 Å². The van der Waals surface area contributed by atoms with Crippen molar-refractivity contribution in [2.75, 3.05) is 46.6 Å². The third-order valence-electron chi connectivity index (χ3n) is 6.46. The van der Waals surface area contributed by atoms with Crippen molar-refractivity contribution in [2.24, 2.45) is 11.8 Å². The first-order valence-corrected chi connectivity index (χ1v) is 8.44. The molecule has 2 saturated carbocycles. The van der Waals surface area contributed by atoms with Crippen LogP contribution in [0.5, 0.6) is 0 Å². The molecule has 1 spiro atoms. The van der Waals surface area contributed by atoms with Crippen LogP contribution >= 0.6 is 0 Å². The molecule has 0 N–H and O–H groups in total. The van der Waals surface area contributed by atoms with Crippen molar-refractivity contribution in [3.05, 3.63) is 0 Å². The molecule has 3 atom stereocenters. The van der Waals surface area contributed by atoms with E-state index in [1.807, 2.05) is 0 Å². The van der Waals surface area contributed by atoms with Crippen molar-refractivity contribution in [1.29, 1.82) is 0 Å². The summed E-state index contributed by atoms with van der Waals surface area (Å²) < 4.78 is 19.3. The van der Waals surface area contributed by atoms with Crippen LogP contribution < -0.4 is 0 Å². The van der Waals surface area contributed by atoms with E-state index in [4.69, 9.17) is 14.2 Å². The zero-order valence-corrected chi connectivity index (χ0v) is 12.7. The van der Waals surface area contributed by atoms with Gasteiger partial charge in [0.25, 0.3) is 0 Å². The maximum Gasteiger partial charge on any atom is 0.179 e. The quantitative estimate of drug-likeness (QED) is 0.686. The molecule has 0 aromatic carbocycles. The lowest BCUT2D eigenvalue weighted by atomic mass is 9.64. The van der Waals surface area contributed by atoms with Crippen LogP contribution in [0.15, 0.2) is 0 Å². The Morgan fingerprint density at radius 2 is 1.65 bits per heavy atom. The van der Waals surface area contributed by atoms with E-state index in [9.17, 15) is 0 Å². The van der Waals surface area contributed by atoms with Crippen LogP contribution in [-0.2, 0) is 14.2 Å². The van der Waals surface area contributed by atoms with Gasteiger partial charge in [-0.25, -0.2) is 0 Å². The molecule has 114 valence electrons. The normalized spacial score (nSPS) is 42.8. The summed E-state index contributed by atoms with van der Waals surface area (Å²) >= 11 is 0. The molecule has 0 aromatic rings. The lowest BCUT2D eigenvalue weighted by Crippen LogP contribution is -2.68. The average molecular weight is 282 g/mol. The summed E-state index contributed by atoms with van der Waals surface area (Å²) in [7, 11) is 2.44. The Kier molecular flexibility index (Phi) is 3.33. The maximum absolute atomic E-state index is 6.25. The van der Waals surface area contributed by atoms with Crippen LogP contribution in [0.25, 0.3) is 0 Å². The molecule has 4 nitrogen and oxygen atoms in total. The Labute approximate surface area is 122 Å². The van der Waals surface area contributed by atoms with Crippen molar-refractivity contribution in [2.45, 2.75) is 43.9 Å². The number of ether oxygens (including phenoxy) is 3. The van der Waals surface area contributed by atoms with Gasteiger partial charge in [0.05, 0.1) is 45.4 Å². The van der Waals surface area contributed by atoms with Gasteiger partial charge in [0, 0.05) is 12.3 Å². The largest absolute Gasteiger partial charge is 0.370 e. The highest BCUT2D eigenvalue weighted by Gasteiger charge is 2.61. The van der Waals surface area contributed by atoms with E-state index < -0.39 is 0 Å². The summed E-state index contributed by atoms with van der Waals surface area (Å²) in [6, 6.07) is 0.702. The Morgan fingerprint density at radius 1 is 0.900 bits per heavy atom. The third kappa shape index (κ3) is 1.88. The Hall–Kier alpha value is -0.160. The number of nitrogens with zero attached hydrogens (tertiary/aromatic N) is 1. The molecule has 0 aromatic heterocycles. The van der Waals surface area contributed by atoms with E-state index in [0.29, 0.717) is 17.9 Å². The summed E-state index contributed by atoms with van der Waals surface area (Å²) in [5.41, 5.74) is 0. The van der Waals surface area contributed by atoms with Crippen LogP contribution in [0, 0.1) is 11.8 Å².